The molecule has 1 aliphatic rings. The third-order valence-electron chi connectivity index (χ3n) is 4.82. The zero-order valence-electron chi connectivity index (χ0n) is 15.1. The van der Waals surface area contributed by atoms with Gasteiger partial charge in [-0.05, 0) is 49.1 Å². The Morgan fingerprint density at radius 1 is 1.27 bits per heavy atom. The fourth-order valence-electron chi connectivity index (χ4n) is 3.16. The minimum absolute atomic E-state index is 0.242. The summed E-state index contributed by atoms with van der Waals surface area (Å²) in [5.41, 5.74) is 8.79. The van der Waals surface area contributed by atoms with Gasteiger partial charge in [-0.15, -0.1) is 0 Å². The predicted molar refractivity (Wildman–Crippen MR) is 107 cm³/mol. The maximum atomic E-state index is 12.6. The van der Waals surface area contributed by atoms with Gasteiger partial charge in [0.2, 0.25) is 0 Å². The third-order valence-corrected chi connectivity index (χ3v) is 5.13. The number of amides is 1. The lowest BCUT2D eigenvalue weighted by Gasteiger charge is -2.33. The van der Waals surface area contributed by atoms with Gasteiger partial charge in [0.15, 0.2) is 0 Å². The van der Waals surface area contributed by atoms with Gasteiger partial charge in [0.1, 0.15) is 5.75 Å². The summed E-state index contributed by atoms with van der Waals surface area (Å²) >= 11 is 6.32. The number of halogens is 1. The quantitative estimate of drug-likeness (QED) is 0.778. The number of nitrogens with one attached hydrogen (secondary N) is 1. The molecule has 2 aromatic rings. The van der Waals surface area contributed by atoms with Crippen molar-refractivity contribution < 1.29 is 9.53 Å². The summed E-state index contributed by atoms with van der Waals surface area (Å²) in [5.74, 6) is 1.12. The van der Waals surface area contributed by atoms with Gasteiger partial charge < -0.3 is 20.7 Å². The molecule has 138 valence electrons. The lowest BCUT2D eigenvalue weighted by atomic mass is 9.98. The highest BCUT2D eigenvalue weighted by Gasteiger charge is 2.20. The number of ether oxygens (including phenoxy) is 1. The Kier molecular flexibility index (Phi) is 5.57. The van der Waals surface area contributed by atoms with Crippen molar-refractivity contribution in [1.29, 1.82) is 0 Å². The number of hydrogen-bond acceptors (Lipinski definition) is 4. The van der Waals surface area contributed by atoms with E-state index in [1.54, 1.807) is 37.4 Å². The standard InChI is InChI=1S/C20H24ClN3O2/c1-13-6-8-24(9-7-13)19-12-18(16(21)11-17(19)22)23-20(25)14-4-3-5-15(10-14)26-2/h3-5,10-13H,6-9,22H2,1-2H3,(H,23,25). The minimum atomic E-state index is -0.242. The van der Waals surface area contributed by atoms with Crippen molar-refractivity contribution in [3.63, 3.8) is 0 Å². The first-order valence-electron chi connectivity index (χ1n) is 8.77. The molecular weight excluding hydrogens is 350 g/mol. The Morgan fingerprint density at radius 3 is 2.69 bits per heavy atom. The zero-order chi connectivity index (χ0) is 18.7. The average Bonchev–Trinajstić information content (AvgIpc) is 2.64. The van der Waals surface area contributed by atoms with Crippen LogP contribution in [0.3, 0.4) is 0 Å². The summed E-state index contributed by atoms with van der Waals surface area (Å²) < 4.78 is 5.17. The first-order valence-corrected chi connectivity index (χ1v) is 9.15. The molecule has 0 saturated carbocycles. The third kappa shape index (κ3) is 4.05. The fraction of sp³-hybridized carbons (Fsp3) is 0.350. The average molecular weight is 374 g/mol. The van der Waals surface area contributed by atoms with Crippen molar-refractivity contribution in [2.45, 2.75) is 19.8 Å². The van der Waals surface area contributed by atoms with Crippen LogP contribution in [-0.4, -0.2) is 26.1 Å². The summed E-state index contributed by atoms with van der Waals surface area (Å²) in [6, 6.07) is 10.6. The van der Waals surface area contributed by atoms with E-state index in [0.717, 1.165) is 37.5 Å². The van der Waals surface area contributed by atoms with Crippen molar-refractivity contribution in [1.82, 2.24) is 0 Å². The summed E-state index contributed by atoms with van der Waals surface area (Å²) in [5, 5.41) is 3.31. The SMILES string of the molecule is COc1cccc(C(=O)Nc2cc(N3CCC(C)CC3)c(N)cc2Cl)c1. The maximum absolute atomic E-state index is 12.6. The molecule has 1 fully saturated rings. The normalized spacial score (nSPS) is 15.0. The smallest absolute Gasteiger partial charge is 0.255 e. The molecule has 0 spiro atoms. The second-order valence-corrected chi connectivity index (χ2v) is 7.15. The van der Waals surface area contributed by atoms with Crippen molar-refractivity contribution >= 4 is 34.6 Å². The molecule has 1 amide bonds. The van der Waals surface area contributed by atoms with Crippen molar-refractivity contribution in [3.8, 4) is 5.75 Å². The number of nitrogens with two attached hydrogens (primary N) is 1. The minimum Gasteiger partial charge on any atom is -0.497 e. The van der Waals surface area contributed by atoms with Crippen LogP contribution in [0.2, 0.25) is 5.02 Å². The van der Waals surface area contributed by atoms with Crippen LogP contribution < -0.4 is 20.7 Å². The largest absolute Gasteiger partial charge is 0.497 e. The Labute approximate surface area is 159 Å². The lowest BCUT2D eigenvalue weighted by molar-refractivity contribution is 0.102. The molecule has 1 aliphatic heterocycles. The second-order valence-electron chi connectivity index (χ2n) is 6.75. The number of nitrogen functional groups attached to an aromatic ring is 1. The summed E-state index contributed by atoms with van der Waals surface area (Å²) in [6.07, 6.45) is 2.27. The van der Waals surface area contributed by atoms with E-state index in [2.05, 4.69) is 17.1 Å². The highest BCUT2D eigenvalue weighted by Crippen LogP contribution is 2.35. The Hall–Kier alpha value is -2.40. The molecule has 1 saturated heterocycles. The van der Waals surface area contributed by atoms with Crippen molar-refractivity contribution in [2.24, 2.45) is 5.92 Å². The van der Waals surface area contributed by atoms with Crippen LogP contribution in [0.25, 0.3) is 0 Å². The van der Waals surface area contributed by atoms with Crippen LogP contribution in [-0.2, 0) is 0 Å². The molecule has 5 nitrogen and oxygen atoms in total. The number of carbonyl (C=O) groups excluding carboxylic acids is 1. The Morgan fingerprint density at radius 2 is 2.00 bits per heavy atom. The molecule has 0 aliphatic carbocycles. The number of hydrogen-bond donors (Lipinski definition) is 2. The van der Waals surface area contributed by atoms with Crippen LogP contribution in [0, 0.1) is 5.92 Å². The van der Waals surface area contributed by atoms with Gasteiger partial charge in [-0.2, -0.15) is 0 Å². The number of carbonyl (C=O) groups is 1. The van der Waals surface area contributed by atoms with Gasteiger partial charge in [0, 0.05) is 18.7 Å². The molecule has 6 heteroatoms. The molecule has 3 rings (SSSR count). The first-order chi connectivity index (χ1) is 12.5. The molecule has 26 heavy (non-hydrogen) atoms. The van der Waals surface area contributed by atoms with Gasteiger partial charge in [-0.1, -0.05) is 24.6 Å². The number of benzene rings is 2. The van der Waals surface area contributed by atoms with E-state index in [4.69, 9.17) is 22.1 Å². The molecular formula is C20H24ClN3O2. The molecule has 0 atom stereocenters. The van der Waals surface area contributed by atoms with E-state index in [1.807, 2.05) is 6.07 Å². The number of rotatable bonds is 4. The van der Waals surface area contributed by atoms with Crippen LogP contribution in [0.5, 0.6) is 5.75 Å². The summed E-state index contributed by atoms with van der Waals surface area (Å²) in [4.78, 5) is 14.8. The van der Waals surface area contributed by atoms with Crippen LogP contribution in [0.4, 0.5) is 17.1 Å². The summed E-state index contributed by atoms with van der Waals surface area (Å²) in [7, 11) is 1.57. The Balaban J connectivity index is 1.83. The molecule has 3 N–H and O–H groups in total. The van der Waals surface area contributed by atoms with E-state index in [1.165, 1.54) is 0 Å². The molecule has 1 heterocycles. The number of anilines is 3. The van der Waals surface area contributed by atoms with E-state index in [-0.39, 0.29) is 5.91 Å². The fourth-order valence-corrected chi connectivity index (χ4v) is 3.37. The summed E-state index contributed by atoms with van der Waals surface area (Å²) in [6.45, 7) is 4.18. The van der Waals surface area contributed by atoms with Gasteiger partial charge in [0.05, 0.1) is 29.2 Å². The lowest BCUT2D eigenvalue weighted by Crippen LogP contribution is -2.33. The van der Waals surface area contributed by atoms with Crippen molar-refractivity contribution in [3.05, 3.63) is 47.0 Å². The van der Waals surface area contributed by atoms with Crippen LogP contribution in [0.1, 0.15) is 30.1 Å². The predicted octanol–water partition coefficient (Wildman–Crippen LogP) is 4.42. The first kappa shape index (κ1) is 18.4. The van der Waals surface area contributed by atoms with Gasteiger partial charge >= 0.3 is 0 Å². The molecule has 0 radical (unpaired) electrons. The van der Waals surface area contributed by atoms with E-state index < -0.39 is 0 Å². The molecule has 0 bridgehead atoms. The van der Waals surface area contributed by atoms with Gasteiger partial charge in [-0.3, -0.25) is 4.79 Å². The van der Waals surface area contributed by atoms with Crippen LogP contribution >= 0.6 is 11.6 Å². The monoisotopic (exact) mass is 373 g/mol. The maximum Gasteiger partial charge on any atom is 0.255 e. The number of nitrogens with zero attached hydrogens (tertiary/aromatic N) is 1. The topological polar surface area (TPSA) is 67.6 Å². The molecule has 2 aromatic carbocycles. The van der Waals surface area contributed by atoms with E-state index in [9.17, 15) is 4.79 Å². The molecule has 0 aromatic heterocycles. The van der Waals surface area contributed by atoms with Gasteiger partial charge in [0.25, 0.3) is 5.91 Å². The highest BCUT2D eigenvalue weighted by atomic mass is 35.5. The van der Waals surface area contributed by atoms with Gasteiger partial charge in [-0.25, -0.2) is 0 Å². The van der Waals surface area contributed by atoms with Crippen LogP contribution in [0.15, 0.2) is 36.4 Å². The Bertz CT molecular complexity index is 802. The molecule has 0 unspecified atom stereocenters. The highest BCUT2D eigenvalue weighted by molar-refractivity contribution is 6.34. The number of piperidine rings is 1. The zero-order valence-corrected chi connectivity index (χ0v) is 15.8. The number of methoxy groups -OCH3 is 1. The van der Waals surface area contributed by atoms with E-state index in [0.29, 0.717) is 27.7 Å². The van der Waals surface area contributed by atoms with E-state index >= 15 is 0 Å². The second kappa shape index (κ2) is 7.87. The van der Waals surface area contributed by atoms with Crippen molar-refractivity contribution in [2.75, 3.05) is 36.1 Å².